The summed E-state index contributed by atoms with van der Waals surface area (Å²) in [6.07, 6.45) is 5.45. The van der Waals surface area contributed by atoms with Crippen LogP contribution in [0, 0.1) is 11.2 Å². The van der Waals surface area contributed by atoms with E-state index in [2.05, 4.69) is 24.5 Å². The molecule has 0 unspecified atom stereocenters. The van der Waals surface area contributed by atoms with Crippen molar-refractivity contribution in [2.75, 3.05) is 16.8 Å². The number of fused-ring (bicyclic) bond motifs is 1. The van der Waals surface area contributed by atoms with Gasteiger partial charge in [0.25, 0.3) is 0 Å². The summed E-state index contributed by atoms with van der Waals surface area (Å²) in [5.41, 5.74) is 3.93. The van der Waals surface area contributed by atoms with Crippen LogP contribution in [0.15, 0.2) is 59.8 Å². The highest BCUT2D eigenvalue weighted by atomic mass is 19.1. The number of carbonyl (C=O) groups excluding carboxylic acids is 2. The molecule has 0 radical (unpaired) electrons. The van der Waals surface area contributed by atoms with Crippen molar-refractivity contribution in [2.24, 2.45) is 5.41 Å². The van der Waals surface area contributed by atoms with Gasteiger partial charge in [-0.25, -0.2) is 4.39 Å². The first kappa shape index (κ1) is 22.6. The number of para-hydroxylation sites is 2. The number of benzene rings is 2. The number of hydrogen-bond acceptors (Lipinski definition) is 4. The number of rotatable bonds is 4. The molecule has 2 aromatic rings. The minimum Gasteiger partial charge on any atom is -0.357 e. The number of nitrogens with one attached hydrogen (secondary N) is 2. The van der Waals surface area contributed by atoms with E-state index in [1.165, 1.54) is 12.1 Å². The van der Waals surface area contributed by atoms with Crippen LogP contribution < -0.4 is 15.5 Å². The maximum absolute atomic E-state index is 13.9. The van der Waals surface area contributed by atoms with Gasteiger partial charge in [-0.15, -0.1) is 0 Å². The molecule has 0 aromatic heterocycles. The van der Waals surface area contributed by atoms with E-state index < -0.39 is 6.04 Å². The van der Waals surface area contributed by atoms with Crippen molar-refractivity contribution in [3.63, 3.8) is 0 Å². The number of nitrogens with zero attached hydrogens (tertiary/aromatic N) is 1. The number of carbonyl (C=O) groups is 2. The number of anilines is 2. The first-order valence-electron chi connectivity index (χ1n) is 12.2. The van der Waals surface area contributed by atoms with Crippen LogP contribution in [0.25, 0.3) is 0 Å². The highest BCUT2D eigenvalue weighted by Crippen LogP contribution is 2.48. The molecule has 2 aliphatic carbocycles. The summed E-state index contributed by atoms with van der Waals surface area (Å²) in [5.74, 6) is -0.310. The normalized spacial score (nSPS) is 22.0. The first-order chi connectivity index (χ1) is 16.3. The molecule has 1 heterocycles. The topological polar surface area (TPSA) is 61.4 Å². The summed E-state index contributed by atoms with van der Waals surface area (Å²) < 4.78 is 13.9. The Kier molecular flexibility index (Phi) is 5.92. The lowest BCUT2D eigenvalue weighted by atomic mass is 9.73. The van der Waals surface area contributed by atoms with Crippen LogP contribution in [-0.2, 0) is 9.59 Å². The standard InChI is InChI=1S/C28H32FN3O2/c1-28(2)15-22-26(24(33)16-28)27(18-11-13-19(29)14-12-18)32(23-10-6-5-9-21(23)31-22)17-25(34)30-20-7-3-4-8-20/h5-6,9-14,20,27,31H,3-4,7-8,15-17H2,1-2H3,(H,30,34)/t27-/m0/s1. The fourth-order valence-electron chi connectivity index (χ4n) is 5.72. The van der Waals surface area contributed by atoms with Crippen LogP contribution in [0.1, 0.15) is 64.0 Å². The van der Waals surface area contributed by atoms with Crippen LogP contribution >= 0.6 is 0 Å². The van der Waals surface area contributed by atoms with E-state index in [1.807, 2.05) is 29.2 Å². The Morgan fingerprint density at radius 1 is 1.09 bits per heavy atom. The summed E-state index contributed by atoms with van der Waals surface area (Å²) in [6, 6.07) is 13.9. The zero-order valence-electron chi connectivity index (χ0n) is 19.9. The van der Waals surface area contributed by atoms with Crippen molar-refractivity contribution < 1.29 is 14.0 Å². The molecule has 1 atom stereocenters. The largest absolute Gasteiger partial charge is 0.357 e. The van der Waals surface area contributed by atoms with Crippen molar-refractivity contribution >= 4 is 23.1 Å². The van der Waals surface area contributed by atoms with Crippen LogP contribution in [0.3, 0.4) is 0 Å². The predicted molar refractivity (Wildman–Crippen MR) is 132 cm³/mol. The van der Waals surface area contributed by atoms with Gasteiger partial charge in [-0.05, 0) is 54.5 Å². The average Bonchev–Trinajstić information content (AvgIpc) is 3.24. The average molecular weight is 462 g/mol. The number of ketones is 1. The number of amides is 1. The molecule has 5 rings (SSSR count). The zero-order valence-corrected chi connectivity index (χ0v) is 19.9. The van der Waals surface area contributed by atoms with Crippen LogP contribution in [0.4, 0.5) is 15.8 Å². The summed E-state index contributed by atoms with van der Waals surface area (Å²) in [6.45, 7) is 4.32. The first-order valence-corrected chi connectivity index (χ1v) is 12.2. The van der Waals surface area contributed by atoms with E-state index in [4.69, 9.17) is 0 Å². The molecule has 2 aromatic carbocycles. The summed E-state index contributed by atoms with van der Waals surface area (Å²) in [7, 11) is 0. The van der Waals surface area contributed by atoms with Crippen LogP contribution in [0.2, 0.25) is 0 Å². The summed E-state index contributed by atoms with van der Waals surface area (Å²) >= 11 is 0. The highest BCUT2D eigenvalue weighted by molar-refractivity contribution is 6.01. The SMILES string of the molecule is CC1(C)CC(=O)C2=C(C1)Nc1ccccc1N(CC(=O)NC1CCCC1)[C@H]2c1ccc(F)cc1. The van der Waals surface area contributed by atoms with E-state index in [9.17, 15) is 14.0 Å². The van der Waals surface area contributed by atoms with Gasteiger partial charge in [0.2, 0.25) is 5.91 Å². The lowest BCUT2D eigenvalue weighted by Crippen LogP contribution is -2.44. The molecular weight excluding hydrogens is 429 g/mol. The Labute approximate surface area is 200 Å². The van der Waals surface area contributed by atoms with Gasteiger partial charge in [0.1, 0.15) is 5.82 Å². The lowest BCUT2D eigenvalue weighted by molar-refractivity contribution is -0.121. The van der Waals surface area contributed by atoms with Crippen LogP contribution in [0.5, 0.6) is 0 Å². The molecule has 6 heteroatoms. The van der Waals surface area contributed by atoms with Crippen molar-refractivity contribution in [3.05, 3.63) is 71.2 Å². The monoisotopic (exact) mass is 461 g/mol. The third kappa shape index (κ3) is 4.46. The molecule has 1 aliphatic heterocycles. The molecule has 1 fully saturated rings. The molecule has 178 valence electrons. The molecule has 3 aliphatic rings. The van der Waals surface area contributed by atoms with E-state index in [1.54, 1.807) is 12.1 Å². The Morgan fingerprint density at radius 2 is 1.79 bits per heavy atom. The number of Topliss-reactive ketones (excluding diaryl/α,β-unsaturated/α-hetero) is 1. The van der Waals surface area contributed by atoms with Crippen LogP contribution in [-0.4, -0.2) is 24.3 Å². The molecule has 0 bridgehead atoms. The fourth-order valence-corrected chi connectivity index (χ4v) is 5.72. The minimum atomic E-state index is -0.482. The van der Waals surface area contributed by atoms with Gasteiger partial charge >= 0.3 is 0 Å². The number of hydrogen-bond donors (Lipinski definition) is 2. The van der Waals surface area contributed by atoms with E-state index >= 15 is 0 Å². The predicted octanol–water partition coefficient (Wildman–Crippen LogP) is 5.50. The zero-order chi connectivity index (χ0) is 23.9. The fraction of sp³-hybridized carbons (Fsp3) is 0.429. The maximum Gasteiger partial charge on any atom is 0.239 e. The molecule has 34 heavy (non-hydrogen) atoms. The minimum absolute atomic E-state index is 0.0542. The highest BCUT2D eigenvalue weighted by Gasteiger charge is 2.42. The van der Waals surface area contributed by atoms with Crippen molar-refractivity contribution in [2.45, 2.75) is 64.5 Å². The maximum atomic E-state index is 13.9. The van der Waals surface area contributed by atoms with Crippen molar-refractivity contribution in [1.82, 2.24) is 5.32 Å². The Hall–Kier alpha value is -3.15. The smallest absolute Gasteiger partial charge is 0.239 e. The molecule has 1 saturated carbocycles. The molecule has 0 spiro atoms. The second kappa shape index (κ2) is 8.90. The van der Waals surface area contributed by atoms with Gasteiger partial charge < -0.3 is 15.5 Å². The van der Waals surface area contributed by atoms with Gasteiger partial charge in [0.15, 0.2) is 5.78 Å². The number of allylic oxidation sites excluding steroid dienone is 1. The lowest BCUT2D eigenvalue weighted by Gasteiger charge is -2.38. The van der Waals surface area contributed by atoms with Gasteiger partial charge in [-0.1, -0.05) is 51.0 Å². The number of halogens is 1. The second-order valence-electron chi connectivity index (χ2n) is 10.6. The van der Waals surface area contributed by atoms with Gasteiger partial charge in [0, 0.05) is 23.7 Å². The van der Waals surface area contributed by atoms with Crippen molar-refractivity contribution in [3.8, 4) is 0 Å². The summed E-state index contributed by atoms with van der Waals surface area (Å²) in [5, 5.41) is 6.74. The van der Waals surface area contributed by atoms with E-state index in [-0.39, 0.29) is 35.5 Å². The van der Waals surface area contributed by atoms with E-state index in [0.29, 0.717) is 12.0 Å². The van der Waals surface area contributed by atoms with Gasteiger partial charge in [-0.3, -0.25) is 9.59 Å². The Morgan fingerprint density at radius 3 is 2.53 bits per heavy atom. The summed E-state index contributed by atoms with van der Waals surface area (Å²) in [4.78, 5) is 28.9. The van der Waals surface area contributed by atoms with Gasteiger partial charge in [0.05, 0.1) is 24.0 Å². The Balaban J connectivity index is 1.62. The van der Waals surface area contributed by atoms with Gasteiger partial charge in [-0.2, -0.15) is 0 Å². The third-order valence-electron chi connectivity index (χ3n) is 7.22. The third-order valence-corrected chi connectivity index (χ3v) is 7.22. The second-order valence-corrected chi connectivity index (χ2v) is 10.6. The Bertz CT molecular complexity index is 1130. The van der Waals surface area contributed by atoms with Crippen molar-refractivity contribution in [1.29, 1.82) is 0 Å². The molecule has 5 nitrogen and oxygen atoms in total. The molecular formula is C28H32FN3O2. The van der Waals surface area contributed by atoms with E-state index in [0.717, 1.165) is 54.7 Å². The molecule has 2 N–H and O–H groups in total. The molecule has 0 saturated heterocycles. The molecule has 1 amide bonds. The quantitative estimate of drug-likeness (QED) is 0.631.